The maximum Gasteiger partial charge on any atom is 0.282 e. The molecule has 0 saturated heterocycles. The first-order valence-electron chi connectivity index (χ1n) is 9.14. The van der Waals surface area contributed by atoms with Crippen LogP contribution in [-0.4, -0.2) is 11.9 Å². The predicted octanol–water partition coefficient (Wildman–Crippen LogP) is 3.41. The van der Waals surface area contributed by atoms with E-state index in [1.54, 1.807) is 18.2 Å². The molecule has 2 atom stereocenters. The van der Waals surface area contributed by atoms with Gasteiger partial charge >= 0.3 is 0 Å². The standard InChI is InChI=1S/C22H27N3O/c1-15(2)13-18-9-11-19(12-10-18)16(3)24-17(4)22(26)25-21-8-6-5-7-20(21)14-23/h5-12,15-17,24H,13H2,1-4H3,(H,25,26)/p+1/t16-,17-/m1/s1. The van der Waals surface area contributed by atoms with E-state index in [4.69, 9.17) is 5.26 Å². The van der Waals surface area contributed by atoms with E-state index in [0.717, 1.165) is 6.42 Å². The number of anilines is 1. The van der Waals surface area contributed by atoms with E-state index in [2.05, 4.69) is 56.4 Å². The van der Waals surface area contributed by atoms with Gasteiger partial charge in [-0.15, -0.1) is 0 Å². The Morgan fingerprint density at radius 1 is 1.08 bits per heavy atom. The summed E-state index contributed by atoms with van der Waals surface area (Å²) in [6.07, 6.45) is 1.08. The van der Waals surface area contributed by atoms with Gasteiger partial charge in [-0.05, 0) is 43.9 Å². The highest BCUT2D eigenvalue weighted by Crippen LogP contribution is 2.15. The molecule has 26 heavy (non-hydrogen) atoms. The fourth-order valence-corrected chi connectivity index (χ4v) is 3.00. The van der Waals surface area contributed by atoms with Gasteiger partial charge in [0.15, 0.2) is 6.04 Å². The Morgan fingerprint density at radius 2 is 1.73 bits per heavy atom. The number of hydrogen-bond donors (Lipinski definition) is 2. The smallest absolute Gasteiger partial charge is 0.282 e. The highest BCUT2D eigenvalue weighted by atomic mass is 16.2. The molecule has 4 heteroatoms. The van der Waals surface area contributed by atoms with Crippen molar-refractivity contribution in [3.8, 4) is 6.07 Å². The van der Waals surface area contributed by atoms with Crippen LogP contribution in [0.2, 0.25) is 0 Å². The number of quaternary nitrogens is 1. The third-order valence-electron chi connectivity index (χ3n) is 4.45. The Balaban J connectivity index is 1.96. The molecule has 0 radical (unpaired) electrons. The molecule has 0 fully saturated rings. The molecule has 136 valence electrons. The number of carbonyl (C=O) groups is 1. The molecule has 2 aromatic carbocycles. The molecule has 0 bridgehead atoms. The summed E-state index contributed by atoms with van der Waals surface area (Å²) in [4.78, 5) is 12.5. The number of rotatable bonds is 7. The molecule has 3 N–H and O–H groups in total. The van der Waals surface area contributed by atoms with Gasteiger partial charge in [0.1, 0.15) is 12.1 Å². The Hall–Kier alpha value is -2.64. The molecular formula is C22H28N3O+. The summed E-state index contributed by atoms with van der Waals surface area (Å²) in [5.74, 6) is 0.542. The number of benzene rings is 2. The van der Waals surface area contributed by atoms with Crippen LogP contribution in [0.1, 0.15) is 50.4 Å². The van der Waals surface area contributed by atoms with Crippen LogP contribution >= 0.6 is 0 Å². The van der Waals surface area contributed by atoms with Crippen molar-refractivity contribution in [2.24, 2.45) is 5.92 Å². The lowest BCUT2D eigenvalue weighted by molar-refractivity contribution is -0.709. The van der Waals surface area contributed by atoms with Crippen molar-refractivity contribution >= 4 is 11.6 Å². The summed E-state index contributed by atoms with van der Waals surface area (Å²) < 4.78 is 0. The van der Waals surface area contributed by atoms with Crippen LogP contribution < -0.4 is 10.6 Å². The molecule has 1 amide bonds. The molecule has 0 aliphatic carbocycles. The summed E-state index contributed by atoms with van der Waals surface area (Å²) in [5.41, 5.74) is 3.58. The minimum Gasteiger partial charge on any atom is -0.330 e. The van der Waals surface area contributed by atoms with E-state index in [-0.39, 0.29) is 18.0 Å². The third kappa shape index (κ3) is 5.44. The molecule has 0 aliphatic rings. The average molecular weight is 350 g/mol. The first-order valence-corrected chi connectivity index (χ1v) is 9.14. The summed E-state index contributed by atoms with van der Waals surface area (Å²) in [7, 11) is 0. The van der Waals surface area contributed by atoms with Crippen LogP contribution in [0, 0.1) is 17.2 Å². The maximum atomic E-state index is 12.5. The highest BCUT2D eigenvalue weighted by molar-refractivity contribution is 5.94. The summed E-state index contributed by atoms with van der Waals surface area (Å²) >= 11 is 0. The quantitative estimate of drug-likeness (QED) is 0.803. The number of hydrogen-bond acceptors (Lipinski definition) is 2. The van der Waals surface area contributed by atoms with E-state index < -0.39 is 0 Å². The first kappa shape index (κ1) is 19.7. The lowest BCUT2D eigenvalue weighted by atomic mass is 9.99. The van der Waals surface area contributed by atoms with Gasteiger partial charge < -0.3 is 10.6 Å². The second-order valence-corrected chi connectivity index (χ2v) is 7.26. The van der Waals surface area contributed by atoms with Crippen LogP contribution in [0.25, 0.3) is 0 Å². The molecule has 2 aromatic rings. The zero-order valence-electron chi connectivity index (χ0n) is 16.0. The zero-order chi connectivity index (χ0) is 19.1. The molecule has 4 nitrogen and oxygen atoms in total. The van der Waals surface area contributed by atoms with Gasteiger partial charge in [-0.2, -0.15) is 5.26 Å². The Morgan fingerprint density at radius 3 is 2.35 bits per heavy atom. The molecule has 2 rings (SSSR count). The van der Waals surface area contributed by atoms with Crippen LogP contribution in [0.3, 0.4) is 0 Å². The van der Waals surface area contributed by atoms with Gasteiger partial charge in [-0.3, -0.25) is 4.79 Å². The number of nitriles is 1. The number of amides is 1. The molecule has 0 unspecified atom stereocenters. The summed E-state index contributed by atoms with van der Waals surface area (Å²) in [6.45, 7) is 8.42. The minimum atomic E-state index is -0.257. The predicted molar refractivity (Wildman–Crippen MR) is 105 cm³/mol. The van der Waals surface area contributed by atoms with Crippen molar-refractivity contribution in [3.63, 3.8) is 0 Å². The Bertz CT molecular complexity index is 775. The lowest BCUT2D eigenvalue weighted by Crippen LogP contribution is -2.91. The molecule has 0 heterocycles. The topological polar surface area (TPSA) is 69.5 Å². The van der Waals surface area contributed by atoms with Crippen LogP contribution in [0.4, 0.5) is 5.69 Å². The SMILES string of the molecule is CC(C)Cc1ccc([C@@H](C)[NH2+][C@H](C)C(=O)Nc2ccccc2C#N)cc1. The lowest BCUT2D eigenvalue weighted by Gasteiger charge is -2.17. The van der Waals surface area contributed by atoms with E-state index in [1.807, 2.05) is 18.3 Å². The van der Waals surface area contributed by atoms with Gasteiger partial charge in [-0.25, -0.2) is 0 Å². The molecule has 0 aliphatic heterocycles. The number of carbonyl (C=O) groups excluding carboxylic acids is 1. The van der Waals surface area contributed by atoms with Crippen molar-refractivity contribution in [3.05, 3.63) is 65.2 Å². The molecular weight excluding hydrogens is 322 g/mol. The Labute approximate surface area is 156 Å². The van der Waals surface area contributed by atoms with Crippen molar-refractivity contribution in [2.75, 3.05) is 5.32 Å². The van der Waals surface area contributed by atoms with Gasteiger partial charge in [0.2, 0.25) is 0 Å². The normalized spacial score (nSPS) is 13.1. The van der Waals surface area contributed by atoms with Crippen LogP contribution in [-0.2, 0) is 11.2 Å². The largest absolute Gasteiger partial charge is 0.330 e. The zero-order valence-corrected chi connectivity index (χ0v) is 16.0. The van der Waals surface area contributed by atoms with Crippen molar-refractivity contribution in [2.45, 2.75) is 46.2 Å². The molecule has 0 aromatic heterocycles. The van der Waals surface area contributed by atoms with E-state index >= 15 is 0 Å². The van der Waals surface area contributed by atoms with Gasteiger partial charge in [0.25, 0.3) is 5.91 Å². The fourth-order valence-electron chi connectivity index (χ4n) is 3.00. The second-order valence-electron chi connectivity index (χ2n) is 7.26. The van der Waals surface area contributed by atoms with Crippen molar-refractivity contribution in [1.82, 2.24) is 0 Å². The monoisotopic (exact) mass is 350 g/mol. The summed E-state index contributed by atoms with van der Waals surface area (Å²) in [5, 5.41) is 14.0. The van der Waals surface area contributed by atoms with Crippen molar-refractivity contribution in [1.29, 1.82) is 5.26 Å². The van der Waals surface area contributed by atoms with Crippen LogP contribution in [0.5, 0.6) is 0 Å². The fraction of sp³-hybridized carbons (Fsp3) is 0.364. The second kappa shape index (κ2) is 9.17. The van der Waals surface area contributed by atoms with E-state index in [9.17, 15) is 4.79 Å². The van der Waals surface area contributed by atoms with Gasteiger partial charge in [0.05, 0.1) is 11.3 Å². The third-order valence-corrected chi connectivity index (χ3v) is 4.45. The van der Waals surface area contributed by atoms with Crippen LogP contribution in [0.15, 0.2) is 48.5 Å². The number of nitrogens with zero attached hydrogens (tertiary/aromatic N) is 1. The van der Waals surface area contributed by atoms with E-state index in [1.165, 1.54) is 11.1 Å². The van der Waals surface area contributed by atoms with Gasteiger partial charge in [-0.1, -0.05) is 50.2 Å². The molecule has 0 spiro atoms. The average Bonchev–Trinajstić information content (AvgIpc) is 2.62. The van der Waals surface area contributed by atoms with Crippen molar-refractivity contribution < 1.29 is 10.1 Å². The summed E-state index contributed by atoms with van der Waals surface area (Å²) in [6, 6.07) is 17.7. The highest BCUT2D eigenvalue weighted by Gasteiger charge is 2.21. The first-order chi connectivity index (χ1) is 12.4. The van der Waals surface area contributed by atoms with E-state index in [0.29, 0.717) is 17.2 Å². The number of para-hydroxylation sites is 1. The number of nitrogens with one attached hydrogen (secondary N) is 1. The maximum absolute atomic E-state index is 12.5. The minimum absolute atomic E-state index is 0.101. The van der Waals surface area contributed by atoms with Gasteiger partial charge in [0, 0.05) is 5.56 Å². The Kier molecular flexibility index (Phi) is 6.94. The number of nitrogens with two attached hydrogens (primary N) is 1. The molecule has 0 saturated carbocycles.